The van der Waals surface area contributed by atoms with Crippen molar-refractivity contribution in [2.45, 2.75) is 19.8 Å². The molecule has 0 radical (unpaired) electrons. The van der Waals surface area contributed by atoms with Gasteiger partial charge in [0.15, 0.2) is 10.9 Å². The Hall–Kier alpha value is -2.24. The van der Waals surface area contributed by atoms with Crippen LogP contribution >= 0.6 is 22.9 Å². The molecule has 0 aliphatic carbocycles. The van der Waals surface area contributed by atoms with E-state index in [2.05, 4.69) is 10.3 Å². The van der Waals surface area contributed by atoms with Gasteiger partial charge in [0.05, 0.1) is 10.2 Å². The van der Waals surface area contributed by atoms with Gasteiger partial charge in [-0.15, -0.1) is 0 Å². The number of hydrogen-bond acceptors (Lipinski definition) is 4. The number of aromatic nitrogens is 1. The Labute approximate surface area is 148 Å². The lowest BCUT2D eigenvalue weighted by Crippen LogP contribution is -2.13. The van der Waals surface area contributed by atoms with Crippen LogP contribution in [0.3, 0.4) is 0 Å². The van der Waals surface area contributed by atoms with Crippen LogP contribution in [0.15, 0.2) is 42.5 Å². The largest absolute Gasteiger partial charge is 0.302 e. The third kappa shape index (κ3) is 3.99. The van der Waals surface area contributed by atoms with Gasteiger partial charge in [-0.2, -0.15) is 0 Å². The second kappa shape index (κ2) is 7.11. The fourth-order valence-electron chi connectivity index (χ4n) is 2.27. The van der Waals surface area contributed by atoms with E-state index < -0.39 is 0 Å². The van der Waals surface area contributed by atoms with Crippen LogP contribution in [0.2, 0.25) is 5.02 Å². The molecule has 0 atom stereocenters. The number of nitrogens with one attached hydrogen (secondary N) is 1. The molecule has 0 bridgehead atoms. The van der Waals surface area contributed by atoms with E-state index in [1.54, 1.807) is 24.3 Å². The highest BCUT2D eigenvalue weighted by atomic mass is 35.5. The van der Waals surface area contributed by atoms with Crippen molar-refractivity contribution in [1.82, 2.24) is 4.98 Å². The third-order valence-electron chi connectivity index (χ3n) is 3.54. The van der Waals surface area contributed by atoms with E-state index in [-0.39, 0.29) is 24.5 Å². The number of fused-ring (bicyclic) bond motifs is 1. The van der Waals surface area contributed by atoms with Crippen molar-refractivity contribution >= 4 is 50.0 Å². The van der Waals surface area contributed by atoms with Gasteiger partial charge in [-0.25, -0.2) is 4.98 Å². The van der Waals surface area contributed by atoms with Gasteiger partial charge >= 0.3 is 0 Å². The van der Waals surface area contributed by atoms with Gasteiger partial charge in [-0.3, -0.25) is 9.59 Å². The number of amides is 1. The van der Waals surface area contributed by atoms with E-state index >= 15 is 0 Å². The summed E-state index contributed by atoms with van der Waals surface area (Å²) in [6.07, 6.45) is 0.272. The van der Waals surface area contributed by atoms with E-state index in [0.29, 0.717) is 15.7 Å². The van der Waals surface area contributed by atoms with Crippen molar-refractivity contribution in [2.24, 2.45) is 0 Å². The van der Waals surface area contributed by atoms with Gasteiger partial charge in [0, 0.05) is 23.4 Å². The number of thiazole rings is 1. The van der Waals surface area contributed by atoms with E-state index in [1.165, 1.54) is 11.3 Å². The Balaban J connectivity index is 1.58. The molecule has 3 aromatic rings. The first-order valence-corrected chi connectivity index (χ1v) is 8.66. The quantitative estimate of drug-likeness (QED) is 0.662. The number of carbonyl (C=O) groups excluding carboxylic acids is 2. The van der Waals surface area contributed by atoms with Crippen LogP contribution in [-0.4, -0.2) is 16.7 Å². The van der Waals surface area contributed by atoms with Gasteiger partial charge < -0.3 is 5.32 Å². The monoisotopic (exact) mass is 358 g/mol. The molecule has 1 heterocycles. The summed E-state index contributed by atoms with van der Waals surface area (Å²) in [5, 5.41) is 3.90. The molecule has 0 aliphatic rings. The van der Waals surface area contributed by atoms with E-state index in [4.69, 9.17) is 11.6 Å². The van der Waals surface area contributed by atoms with Gasteiger partial charge in [0.1, 0.15) is 0 Å². The molecule has 0 spiro atoms. The number of nitrogens with zero attached hydrogens (tertiary/aromatic N) is 1. The molecule has 0 saturated heterocycles. The molecule has 0 unspecified atom stereocenters. The first-order valence-electron chi connectivity index (χ1n) is 7.47. The molecule has 0 saturated carbocycles. The number of halogens is 1. The van der Waals surface area contributed by atoms with Crippen molar-refractivity contribution in [3.8, 4) is 0 Å². The minimum Gasteiger partial charge on any atom is -0.302 e. The van der Waals surface area contributed by atoms with Crippen molar-refractivity contribution in [2.75, 3.05) is 5.32 Å². The number of Topliss-reactive ketones (excluding diaryl/α,β-unsaturated/α-hetero) is 1. The molecule has 1 amide bonds. The predicted octanol–water partition coefficient (Wildman–Crippen LogP) is 4.86. The van der Waals surface area contributed by atoms with E-state index in [1.807, 2.05) is 25.1 Å². The number of anilines is 1. The summed E-state index contributed by atoms with van der Waals surface area (Å²) in [6, 6.07) is 12.6. The Bertz CT molecular complexity index is 903. The molecule has 24 heavy (non-hydrogen) atoms. The van der Waals surface area contributed by atoms with Crippen molar-refractivity contribution in [3.05, 3.63) is 58.6 Å². The minimum atomic E-state index is -0.215. The van der Waals surface area contributed by atoms with Crippen molar-refractivity contribution in [3.63, 3.8) is 0 Å². The number of rotatable bonds is 5. The van der Waals surface area contributed by atoms with Crippen LogP contribution in [0, 0.1) is 6.92 Å². The maximum atomic E-state index is 12.1. The molecule has 1 N–H and O–H groups in total. The van der Waals surface area contributed by atoms with Crippen molar-refractivity contribution in [1.29, 1.82) is 0 Å². The van der Waals surface area contributed by atoms with Crippen LogP contribution in [0.25, 0.3) is 10.2 Å². The fraction of sp³-hybridized carbons (Fsp3) is 0.167. The van der Waals surface area contributed by atoms with Crippen LogP contribution < -0.4 is 5.32 Å². The minimum absolute atomic E-state index is 0.0817. The molecular formula is C18H15ClN2O2S. The molecule has 0 fully saturated rings. The SMILES string of the molecule is Cc1ccc2nc(NC(=O)CCC(=O)c3ccc(Cl)cc3)sc2c1. The molecular weight excluding hydrogens is 344 g/mol. The second-order valence-corrected chi connectivity index (χ2v) is 6.94. The number of aryl methyl sites for hydroxylation is 1. The van der Waals surface area contributed by atoms with Gasteiger partial charge in [0.25, 0.3) is 0 Å². The first-order chi connectivity index (χ1) is 11.5. The van der Waals surface area contributed by atoms with Crippen LogP contribution in [-0.2, 0) is 4.79 Å². The van der Waals surface area contributed by atoms with E-state index in [0.717, 1.165) is 15.8 Å². The Morgan fingerprint density at radius 2 is 1.88 bits per heavy atom. The highest BCUT2D eigenvalue weighted by Crippen LogP contribution is 2.26. The smallest absolute Gasteiger partial charge is 0.226 e. The molecule has 2 aromatic carbocycles. The molecule has 3 rings (SSSR count). The average molecular weight is 359 g/mol. The lowest BCUT2D eigenvalue weighted by Gasteiger charge is -2.02. The summed E-state index contributed by atoms with van der Waals surface area (Å²) in [4.78, 5) is 28.5. The molecule has 4 nitrogen and oxygen atoms in total. The van der Waals surface area contributed by atoms with Crippen LogP contribution in [0.4, 0.5) is 5.13 Å². The second-order valence-electron chi connectivity index (χ2n) is 5.47. The third-order valence-corrected chi connectivity index (χ3v) is 4.72. The molecule has 0 aliphatic heterocycles. The zero-order valence-corrected chi connectivity index (χ0v) is 14.6. The highest BCUT2D eigenvalue weighted by Gasteiger charge is 2.11. The zero-order valence-electron chi connectivity index (χ0n) is 13.0. The molecule has 1 aromatic heterocycles. The number of ketones is 1. The van der Waals surface area contributed by atoms with Crippen molar-refractivity contribution < 1.29 is 9.59 Å². The number of benzene rings is 2. The van der Waals surface area contributed by atoms with E-state index in [9.17, 15) is 9.59 Å². The maximum Gasteiger partial charge on any atom is 0.226 e. The Morgan fingerprint density at radius 1 is 1.12 bits per heavy atom. The highest BCUT2D eigenvalue weighted by molar-refractivity contribution is 7.22. The summed E-state index contributed by atoms with van der Waals surface area (Å²) >= 11 is 7.23. The van der Waals surface area contributed by atoms with Gasteiger partial charge in [0.2, 0.25) is 5.91 Å². The predicted molar refractivity (Wildman–Crippen MR) is 98.0 cm³/mol. The maximum absolute atomic E-state index is 12.1. The fourth-order valence-corrected chi connectivity index (χ4v) is 3.38. The van der Waals surface area contributed by atoms with Crippen LogP contribution in [0.5, 0.6) is 0 Å². The topological polar surface area (TPSA) is 59.1 Å². The molecule has 6 heteroatoms. The summed E-state index contributed by atoms with van der Waals surface area (Å²) in [5.74, 6) is -0.296. The summed E-state index contributed by atoms with van der Waals surface area (Å²) in [5.41, 5.74) is 2.57. The van der Waals surface area contributed by atoms with Gasteiger partial charge in [-0.1, -0.05) is 29.0 Å². The standard InChI is InChI=1S/C18H15ClN2O2S/c1-11-2-7-14-16(10-11)24-18(20-14)21-17(23)9-8-15(22)12-3-5-13(19)6-4-12/h2-7,10H,8-9H2,1H3,(H,20,21,23). The lowest BCUT2D eigenvalue weighted by atomic mass is 10.1. The normalized spacial score (nSPS) is 10.8. The van der Waals surface area contributed by atoms with Crippen LogP contribution in [0.1, 0.15) is 28.8 Å². The summed E-state index contributed by atoms with van der Waals surface area (Å²) in [6.45, 7) is 2.01. The molecule has 122 valence electrons. The van der Waals surface area contributed by atoms with Gasteiger partial charge in [-0.05, 0) is 48.9 Å². The zero-order chi connectivity index (χ0) is 17.1. The summed E-state index contributed by atoms with van der Waals surface area (Å²) in [7, 11) is 0. The Kier molecular flexibility index (Phi) is 4.92. The lowest BCUT2D eigenvalue weighted by molar-refractivity contribution is -0.116. The number of hydrogen-bond donors (Lipinski definition) is 1. The summed E-state index contributed by atoms with van der Waals surface area (Å²) < 4.78 is 1.03. The Morgan fingerprint density at radius 3 is 2.62 bits per heavy atom. The first kappa shape index (κ1) is 16.6. The number of carbonyl (C=O) groups is 2. The average Bonchev–Trinajstić information content (AvgIpc) is 2.94.